The zero-order chi connectivity index (χ0) is 20.2. The van der Waals surface area contributed by atoms with Crippen LogP contribution in [0.5, 0.6) is 5.75 Å². The number of carbonyl (C=O) groups excluding carboxylic acids is 1. The second-order valence-electron chi connectivity index (χ2n) is 6.59. The number of hydrogen-bond acceptors (Lipinski definition) is 6. The summed E-state index contributed by atoms with van der Waals surface area (Å²) in [4.78, 5) is 17.9. The maximum Gasteiger partial charge on any atom is 0.276 e. The molecule has 29 heavy (non-hydrogen) atoms. The van der Waals surface area contributed by atoms with Gasteiger partial charge in [0.05, 0.1) is 5.36 Å². The van der Waals surface area contributed by atoms with Crippen LogP contribution < -0.4 is 20.6 Å². The van der Waals surface area contributed by atoms with Crippen molar-refractivity contribution in [2.24, 2.45) is 10.1 Å². The van der Waals surface area contributed by atoms with Gasteiger partial charge in [0.15, 0.2) is 11.3 Å². The molecule has 2 aromatic rings. The molecule has 148 valence electrons. The van der Waals surface area contributed by atoms with Crippen molar-refractivity contribution in [1.82, 2.24) is 10.3 Å². The Hall–Kier alpha value is -3.06. The maximum absolute atomic E-state index is 13.0. The van der Waals surface area contributed by atoms with Crippen LogP contribution in [-0.2, 0) is 4.79 Å². The van der Waals surface area contributed by atoms with Crippen LogP contribution in [0.4, 0.5) is 0 Å². The van der Waals surface area contributed by atoms with Crippen LogP contribution in [0.25, 0.3) is 5.70 Å². The largest absolute Gasteiger partial charge is 0.490 e. The fourth-order valence-corrected chi connectivity index (χ4v) is 3.91. The van der Waals surface area contributed by atoms with E-state index in [-0.39, 0.29) is 5.91 Å². The summed E-state index contributed by atoms with van der Waals surface area (Å²) < 4.78 is 5.58. The Balaban J connectivity index is 1.78. The molecule has 4 rings (SSSR count). The molecule has 0 aromatic heterocycles. The zero-order valence-corrected chi connectivity index (χ0v) is 17.0. The Morgan fingerprint density at radius 1 is 1.24 bits per heavy atom. The molecule has 0 aliphatic carbocycles. The molecule has 2 heterocycles. The van der Waals surface area contributed by atoms with Crippen molar-refractivity contribution < 1.29 is 9.53 Å². The van der Waals surface area contributed by atoms with Crippen LogP contribution in [0, 0.1) is 0 Å². The molecule has 0 spiro atoms. The lowest BCUT2D eigenvalue weighted by Gasteiger charge is -2.34. The number of amidine groups is 1. The van der Waals surface area contributed by atoms with E-state index in [4.69, 9.17) is 14.8 Å². The van der Waals surface area contributed by atoms with E-state index in [0.29, 0.717) is 17.5 Å². The summed E-state index contributed by atoms with van der Waals surface area (Å²) in [7, 11) is 0. The minimum absolute atomic E-state index is 0.156. The van der Waals surface area contributed by atoms with Crippen LogP contribution >= 0.6 is 11.8 Å². The Bertz CT molecular complexity index is 1080. The summed E-state index contributed by atoms with van der Waals surface area (Å²) in [5.41, 5.74) is 1.45. The van der Waals surface area contributed by atoms with Crippen LogP contribution in [-0.4, -0.2) is 28.4 Å². The molecule has 0 radical (unpaired) electrons. The average molecular weight is 407 g/mol. The number of para-hydroxylation sites is 1. The number of hydrogen-bond donors (Lipinski definition) is 1. The van der Waals surface area contributed by atoms with Crippen LogP contribution in [0.2, 0.25) is 0 Å². The van der Waals surface area contributed by atoms with E-state index in [1.807, 2.05) is 48.5 Å². The molecule has 2 aromatic carbocycles. The van der Waals surface area contributed by atoms with Gasteiger partial charge in [0.2, 0.25) is 0 Å². The van der Waals surface area contributed by atoms with E-state index >= 15 is 0 Å². The molecule has 0 saturated carbocycles. The van der Waals surface area contributed by atoms with Crippen molar-refractivity contribution in [3.8, 4) is 5.75 Å². The number of thioether (sulfide) groups is 1. The molecule has 2 aliphatic heterocycles. The summed E-state index contributed by atoms with van der Waals surface area (Å²) in [5, 5.41) is 11.6. The fourth-order valence-electron chi connectivity index (χ4n) is 3.20. The number of amides is 1. The summed E-state index contributed by atoms with van der Waals surface area (Å²) >= 11 is 1.54. The van der Waals surface area contributed by atoms with Gasteiger partial charge in [-0.3, -0.25) is 15.1 Å². The minimum Gasteiger partial charge on any atom is -0.490 e. The summed E-state index contributed by atoms with van der Waals surface area (Å²) in [6, 6.07) is 15.4. The number of rotatable bonds is 6. The molecule has 1 atom stereocenters. The van der Waals surface area contributed by atoms with Gasteiger partial charge >= 0.3 is 0 Å². The number of fused-ring (bicyclic) bond motifs is 2. The molecule has 1 N–H and O–H groups in total. The van der Waals surface area contributed by atoms with Crippen molar-refractivity contribution in [2.75, 3.05) is 12.4 Å². The number of benzene rings is 2. The SMILES string of the molecule is C=CCOc1ccc(C2N=c3ccccc3=C3C(=O)NC(SCCC)=NN32)cc1. The van der Waals surface area contributed by atoms with Gasteiger partial charge in [-0.25, -0.2) is 5.01 Å². The van der Waals surface area contributed by atoms with Crippen molar-refractivity contribution in [2.45, 2.75) is 19.5 Å². The molecule has 1 unspecified atom stereocenters. The first kappa shape index (κ1) is 19.3. The number of nitrogens with one attached hydrogen (secondary N) is 1. The van der Waals surface area contributed by atoms with Gasteiger partial charge in [-0.15, -0.1) is 5.10 Å². The quantitative estimate of drug-likeness (QED) is 0.749. The highest BCUT2D eigenvalue weighted by Gasteiger charge is 2.34. The first-order chi connectivity index (χ1) is 14.2. The van der Waals surface area contributed by atoms with Gasteiger partial charge in [-0.1, -0.05) is 61.7 Å². The summed E-state index contributed by atoms with van der Waals surface area (Å²) in [6.45, 7) is 6.21. The van der Waals surface area contributed by atoms with Gasteiger partial charge in [0, 0.05) is 11.0 Å². The first-order valence-electron chi connectivity index (χ1n) is 9.54. The zero-order valence-electron chi connectivity index (χ0n) is 16.2. The van der Waals surface area contributed by atoms with Crippen LogP contribution in [0.15, 0.2) is 71.3 Å². The molecule has 0 saturated heterocycles. The smallest absolute Gasteiger partial charge is 0.276 e. The molecule has 7 heteroatoms. The molecular formula is C22H22N4O2S. The van der Waals surface area contributed by atoms with Crippen molar-refractivity contribution in [1.29, 1.82) is 0 Å². The number of hydrazone groups is 1. The van der Waals surface area contributed by atoms with Crippen molar-refractivity contribution in [3.05, 3.63) is 77.3 Å². The second kappa shape index (κ2) is 8.53. The third-order valence-electron chi connectivity index (χ3n) is 4.50. The standard InChI is InChI=1S/C22H22N4O2S/c1-3-13-28-16-11-9-15(10-12-16)20-23-18-8-6-5-7-17(18)19-21(27)24-22(25-26(19)20)29-14-4-2/h3,5-12,20H,1,4,13-14H2,2H3,(H,24,25,27). The predicted molar refractivity (Wildman–Crippen MR) is 116 cm³/mol. The van der Waals surface area contributed by atoms with Gasteiger partial charge in [0.1, 0.15) is 18.1 Å². The van der Waals surface area contributed by atoms with Crippen molar-refractivity contribution >= 4 is 28.5 Å². The predicted octanol–water partition coefficient (Wildman–Crippen LogP) is 2.54. The average Bonchev–Trinajstić information content (AvgIpc) is 2.76. The summed E-state index contributed by atoms with van der Waals surface area (Å²) in [6.07, 6.45) is 2.29. The van der Waals surface area contributed by atoms with Crippen LogP contribution in [0.1, 0.15) is 25.1 Å². The number of ether oxygens (including phenoxy) is 1. The normalized spacial score (nSPS) is 17.5. The Labute approximate surface area is 173 Å². The van der Waals surface area contributed by atoms with E-state index in [9.17, 15) is 4.79 Å². The highest BCUT2D eigenvalue weighted by atomic mass is 32.2. The second-order valence-corrected chi connectivity index (χ2v) is 7.67. The van der Waals surface area contributed by atoms with Crippen molar-refractivity contribution in [3.63, 3.8) is 0 Å². The summed E-state index contributed by atoms with van der Waals surface area (Å²) in [5.74, 6) is 1.49. The molecule has 0 fully saturated rings. The lowest BCUT2D eigenvalue weighted by molar-refractivity contribution is -0.116. The number of nitrogens with zero attached hydrogens (tertiary/aromatic N) is 3. The third kappa shape index (κ3) is 3.91. The molecule has 0 bridgehead atoms. The van der Waals surface area contributed by atoms with E-state index in [1.54, 1.807) is 11.1 Å². The van der Waals surface area contributed by atoms with E-state index in [0.717, 1.165) is 34.1 Å². The van der Waals surface area contributed by atoms with E-state index < -0.39 is 6.17 Å². The first-order valence-corrected chi connectivity index (χ1v) is 10.5. The number of carbonyl (C=O) groups is 1. The molecule has 2 aliphatic rings. The minimum atomic E-state index is -0.420. The lowest BCUT2D eigenvalue weighted by atomic mass is 10.1. The van der Waals surface area contributed by atoms with Crippen LogP contribution in [0.3, 0.4) is 0 Å². The van der Waals surface area contributed by atoms with Gasteiger partial charge in [-0.05, 0) is 30.2 Å². The van der Waals surface area contributed by atoms with Gasteiger partial charge in [-0.2, -0.15) is 0 Å². The highest BCUT2D eigenvalue weighted by Crippen LogP contribution is 2.31. The Kier molecular flexibility index (Phi) is 5.67. The molecular weight excluding hydrogens is 384 g/mol. The van der Waals surface area contributed by atoms with E-state index in [1.165, 1.54) is 11.8 Å². The monoisotopic (exact) mass is 406 g/mol. The topological polar surface area (TPSA) is 66.3 Å². The highest BCUT2D eigenvalue weighted by molar-refractivity contribution is 8.13. The van der Waals surface area contributed by atoms with E-state index in [2.05, 4.69) is 18.8 Å². The Morgan fingerprint density at radius 3 is 2.79 bits per heavy atom. The third-order valence-corrected chi connectivity index (χ3v) is 5.57. The molecule has 6 nitrogen and oxygen atoms in total. The van der Waals surface area contributed by atoms with Gasteiger partial charge in [0.25, 0.3) is 5.91 Å². The molecule has 1 amide bonds. The fraction of sp³-hybridized carbons (Fsp3) is 0.227. The maximum atomic E-state index is 13.0. The van der Waals surface area contributed by atoms with Gasteiger partial charge < -0.3 is 4.74 Å². The Morgan fingerprint density at radius 2 is 2.03 bits per heavy atom. The lowest BCUT2D eigenvalue weighted by Crippen LogP contribution is -2.50.